The molecule has 0 spiro atoms. The maximum absolute atomic E-state index is 12.7. The lowest BCUT2D eigenvalue weighted by Gasteiger charge is -2.11. The van der Waals surface area contributed by atoms with E-state index in [1.807, 2.05) is 65.2 Å². The molecule has 0 radical (unpaired) electrons. The molecule has 1 amide bonds. The highest BCUT2D eigenvalue weighted by atomic mass is 35.5. The summed E-state index contributed by atoms with van der Waals surface area (Å²) in [5, 5.41) is 13.0. The van der Waals surface area contributed by atoms with E-state index in [4.69, 9.17) is 16.3 Å². The van der Waals surface area contributed by atoms with Gasteiger partial charge in [-0.25, -0.2) is 0 Å². The SMILES string of the molecule is CCCCc1ccc(NC(=O)CSc2nnc(-c3ccc(Cl)cc3)n2-c2ccc(OC)cc2)cc1. The number of methoxy groups -OCH3 is 1. The van der Waals surface area contributed by atoms with Crippen LogP contribution in [-0.2, 0) is 11.2 Å². The van der Waals surface area contributed by atoms with Gasteiger partial charge < -0.3 is 10.1 Å². The van der Waals surface area contributed by atoms with E-state index in [0.717, 1.165) is 42.0 Å². The molecule has 1 heterocycles. The molecule has 1 N–H and O–H groups in total. The summed E-state index contributed by atoms with van der Waals surface area (Å²) in [6, 6.07) is 23.1. The van der Waals surface area contributed by atoms with Crippen LogP contribution in [0.15, 0.2) is 78.0 Å². The van der Waals surface area contributed by atoms with Gasteiger partial charge in [0, 0.05) is 22.0 Å². The molecule has 1 aromatic heterocycles. The first-order valence-electron chi connectivity index (χ1n) is 11.4. The molecule has 0 atom stereocenters. The number of rotatable bonds is 10. The van der Waals surface area contributed by atoms with Crippen molar-refractivity contribution in [3.8, 4) is 22.8 Å². The maximum Gasteiger partial charge on any atom is 0.234 e. The molecule has 35 heavy (non-hydrogen) atoms. The number of halogens is 1. The minimum atomic E-state index is -0.103. The Morgan fingerprint density at radius 3 is 2.37 bits per heavy atom. The van der Waals surface area contributed by atoms with E-state index in [0.29, 0.717) is 16.0 Å². The molecule has 0 saturated carbocycles. The number of amides is 1. The van der Waals surface area contributed by atoms with Gasteiger partial charge in [0.1, 0.15) is 5.75 Å². The summed E-state index contributed by atoms with van der Waals surface area (Å²) in [5.41, 5.74) is 3.80. The third-order valence-corrected chi connectivity index (χ3v) is 6.64. The number of hydrogen-bond acceptors (Lipinski definition) is 5. The molecule has 4 rings (SSSR count). The van der Waals surface area contributed by atoms with Gasteiger partial charge >= 0.3 is 0 Å². The van der Waals surface area contributed by atoms with Gasteiger partial charge in [0.2, 0.25) is 5.91 Å². The summed E-state index contributed by atoms with van der Waals surface area (Å²) in [5.74, 6) is 1.52. The van der Waals surface area contributed by atoms with Crippen LogP contribution in [0.5, 0.6) is 5.75 Å². The minimum absolute atomic E-state index is 0.103. The van der Waals surface area contributed by atoms with Crippen LogP contribution in [0, 0.1) is 0 Å². The number of unbranched alkanes of at least 4 members (excludes halogenated alkanes) is 1. The Morgan fingerprint density at radius 2 is 1.71 bits per heavy atom. The summed E-state index contributed by atoms with van der Waals surface area (Å²) >= 11 is 7.40. The average molecular weight is 507 g/mol. The summed E-state index contributed by atoms with van der Waals surface area (Å²) in [6.45, 7) is 2.18. The molecule has 0 aliphatic rings. The van der Waals surface area contributed by atoms with Crippen molar-refractivity contribution in [3.05, 3.63) is 83.4 Å². The predicted octanol–water partition coefficient (Wildman–Crippen LogP) is 6.67. The summed E-state index contributed by atoms with van der Waals surface area (Å²) in [6.07, 6.45) is 3.38. The molecule has 0 unspecified atom stereocenters. The van der Waals surface area contributed by atoms with E-state index in [1.165, 1.54) is 17.3 Å². The number of ether oxygens (including phenoxy) is 1. The maximum atomic E-state index is 12.7. The Morgan fingerprint density at radius 1 is 1.00 bits per heavy atom. The first-order valence-corrected chi connectivity index (χ1v) is 12.8. The van der Waals surface area contributed by atoms with Crippen molar-refractivity contribution in [2.45, 2.75) is 31.3 Å². The average Bonchev–Trinajstić information content (AvgIpc) is 3.31. The Kier molecular flexibility index (Phi) is 8.45. The number of anilines is 1. The molecule has 0 aliphatic carbocycles. The van der Waals surface area contributed by atoms with Crippen molar-refractivity contribution in [3.63, 3.8) is 0 Å². The number of nitrogens with one attached hydrogen (secondary N) is 1. The van der Waals surface area contributed by atoms with E-state index in [9.17, 15) is 4.79 Å². The van der Waals surface area contributed by atoms with Crippen LogP contribution in [0.1, 0.15) is 25.3 Å². The molecule has 0 aliphatic heterocycles. The lowest BCUT2D eigenvalue weighted by atomic mass is 10.1. The number of aryl methyl sites for hydroxylation is 1. The second kappa shape index (κ2) is 11.9. The van der Waals surface area contributed by atoms with Gasteiger partial charge in [-0.15, -0.1) is 10.2 Å². The number of aromatic nitrogens is 3. The highest BCUT2D eigenvalue weighted by molar-refractivity contribution is 7.99. The van der Waals surface area contributed by atoms with Crippen LogP contribution < -0.4 is 10.1 Å². The summed E-state index contributed by atoms with van der Waals surface area (Å²) < 4.78 is 7.23. The Balaban J connectivity index is 1.51. The third-order valence-electron chi connectivity index (χ3n) is 5.46. The molecule has 6 nitrogen and oxygen atoms in total. The third kappa shape index (κ3) is 6.44. The number of carbonyl (C=O) groups excluding carboxylic acids is 1. The highest BCUT2D eigenvalue weighted by Gasteiger charge is 2.17. The highest BCUT2D eigenvalue weighted by Crippen LogP contribution is 2.29. The fourth-order valence-electron chi connectivity index (χ4n) is 3.58. The van der Waals surface area contributed by atoms with E-state index in [1.54, 1.807) is 7.11 Å². The molecule has 0 bridgehead atoms. The fourth-order valence-corrected chi connectivity index (χ4v) is 4.45. The van der Waals surface area contributed by atoms with Crippen LogP contribution >= 0.6 is 23.4 Å². The molecular weight excluding hydrogens is 480 g/mol. The zero-order valence-electron chi connectivity index (χ0n) is 19.7. The largest absolute Gasteiger partial charge is 0.497 e. The lowest BCUT2D eigenvalue weighted by molar-refractivity contribution is -0.113. The number of benzene rings is 3. The second-order valence-electron chi connectivity index (χ2n) is 7.98. The van der Waals surface area contributed by atoms with Crippen LogP contribution in [0.25, 0.3) is 17.1 Å². The van der Waals surface area contributed by atoms with E-state index < -0.39 is 0 Å². The van der Waals surface area contributed by atoms with E-state index in [2.05, 4.69) is 34.6 Å². The van der Waals surface area contributed by atoms with Gasteiger partial charge in [-0.2, -0.15) is 0 Å². The predicted molar refractivity (Wildman–Crippen MR) is 143 cm³/mol. The Hall–Kier alpha value is -3.29. The topological polar surface area (TPSA) is 69.0 Å². The normalized spacial score (nSPS) is 10.8. The first kappa shape index (κ1) is 24.8. The lowest BCUT2D eigenvalue weighted by Crippen LogP contribution is -2.14. The monoisotopic (exact) mass is 506 g/mol. The molecule has 4 aromatic rings. The van der Waals surface area contributed by atoms with Crippen LogP contribution in [0.4, 0.5) is 5.69 Å². The van der Waals surface area contributed by atoms with Crippen molar-refractivity contribution < 1.29 is 9.53 Å². The van der Waals surface area contributed by atoms with Crippen molar-refractivity contribution in [2.75, 3.05) is 18.2 Å². The van der Waals surface area contributed by atoms with Crippen molar-refractivity contribution in [1.29, 1.82) is 0 Å². The van der Waals surface area contributed by atoms with Gasteiger partial charge in [0.15, 0.2) is 11.0 Å². The van der Waals surface area contributed by atoms with Gasteiger partial charge in [0.05, 0.1) is 12.9 Å². The number of thioether (sulfide) groups is 1. The standard InChI is InChI=1S/C27H27ClN4O2S/c1-3-4-5-19-6-12-22(13-7-19)29-25(33)18-35-27-31-30-26(20-8-10-21(28)11-9-20)32(27)23-14-16-24(34-2)17-15-23/h6-17H,3-5,18H2,1-2H3,(H,29,33). The van der Waals surface area contributed by atoms with Crippen LogP contribution in [0.3, 0.4) is 0 Å². The van der Waals surface area contributed by atoms with E-state index >= 15 is 0 Å². The van der Waals surface area contributed by atoms with Crippen molar-refractivity contribution in [2.24, 2.45) is 0 Å². The van der Waals surface area contributed by atoms with Gasteiger partial charge in [0.25, 0.3) is 0 Å². The first-order chi connectivity index (χ1) is 17.1. The van der Waals surface area contributed by atoms with Crippen LogP contribution in [-0.4, -0.2) is 33.5 Å². The van der Waals surface area contributed by atoms with Gasteiger partial charge in [-0.1, -0.05) is 48.8 Å². The fraction of sp³-hybridized carbons (Fsp3) is 0.222. The zero-order valence-corrected chi connectivity index (χ0v) is 21.3. The molecule has 8 heteroatoms. The Labute approximate surface area is 214 Å². The zero-order chi connectivity index (χ0) is 24.6. The van der Waals surface area contributed by atoms with Gasteiger partial charge in [-0.05, 0) is 79.1 Å². The van der Waals surface area contributed by atoms with Crippen LogP contribution in [0.2, 0.25) is 5.02 Å². The molecule has 0 saturated heterocycles. The smallest absolute Gasteiger partial charge is 0.234 e. The molecule has 3 aromatic carbocycles. The number of hydrogen-bond donors (Lipinski definition) is 1. The van der Waals surface area contributed by atoms with Crippen molar-refractivity contribution in [1.82, 2.24) is 14.8 Å². The van der Waals surface area contributed by atoms with E-state index in [-0.39, 0.29) is 11.7 Å². The number of carbonyl (C=O) groups is 1. The number of nitrogens with zero attached hydrogens (tertiary/aromatic N) is 3. The molecular formula is C27H27ClN4O2S. The van der Waals surface area contributed by atoms with Gasteiger partial charge in [-0.3, -0.25) is 9.36 Å². The summed E-state index contributed by atoms with van der Waals surface area (Å²) in [4.78, 5) is 12.7. The minimum Gasteiger partial charge on any atom is -0.497 e. The summed E-state index contributed by atoms with van der Waals surface area (Å²) in [7, 11) is 1.63. The molecule has 180 valence electrons. The molecule has 0 fully saturated rings. The quantitative estimate of drug-likeness (QED) is 0.243. The second-order valence-corrected chi connectivity index (χ2v) is 9.36. The van der Waals surface area contributed by atoms with Crippen molar-refractivity contribution >= 4 is 35.0 Å². The Bertz CT molecular complexity index is 1260.